The molecular weight excluding hydrogens is 536 g/mol. The second kappa shape index (κ2) is 14.0. The van der Waals surface area contributed by atoms with Crippen LogP contribution in [-0.2, 0) is 19.6 Å². The van der Waals surface area contributed by atoms with Gasteiger partial charge in [0.05, 0.1) is 38.4 Å². The molecule has 11 nitrogen and oxygen atoms in total. The fraction of sp³-hybridized carbons (Fsp3) is 0.250. The van der Waals surface area contributed by atoms with Crippen molar-refractivity contribution in [2.45, 2.75) is 13.0 Å². The van der Waals surface area contributed by atoms with Gasteiger partial charge in [-0.3, -0.25) is 13.9 Å². The number of hydrogen-bond acceptors (Lipinski definition) is 8. The minimum absolute atomic E-state index is 0.143. The quantitative estimate of drug-likeness (QED) is 0.239. The Morgan fingerprint density at radius 3 is 2.25 bits per heavy atom. The van der Waals surface area contributed by atoms with Gasteiger partial charge in [0, 0.05) is 6.07 Å². The molecule has 1 atom stereocenters. The first-order valence-electron chi connectivity index (χ1n) is 12.2. The predicted molar refractivity (Wildman–Crippen MR) is 152 cm³/mol. The third kappa shape index (κ3) is 8.73. The van der Waals surface area contributed by atoms with E-state index in [-0.39, 0.29) is 30.0 Å². The maximum Gasteiger partial charge on any atom is 0.260 e. The first-order chi connectivity index (χ1) is 19.1. The van der Waals surface area contributed by atoms with Gasteiger partial charge in [0.2, 0.25) is 10.0 Å². The number of methoxy groups -OCH3 is 2. The smallest absolute Gasteiger partial charge is 0.260 e. The Kier molecular flexibility index (Phi) is 10.5. The van der Waals surface area contributed by atoms with E-state index >= 15 is 0 Å². The molecule has 3 aromatic carbocycles. The van der Waals surface area contributed by atoms with Crippen LogP contribution < -0.4 is 29.3 Å². The molecule has 0 saturated heterocycles. The molecule has 0 bridgehead atoms. The van der Waals surface area contributed by atoms with Crippen LogP contribution in [0.5, 0.6) is 17.2 Å². The first kappa shape index (κ1) is 30.0. The van der Waals surface area contributed by atoms with E-state index in [1.54, 1.807) is 36.4 Å². The number of hydrazone groups is 1. The first-order valence-corrected chi connectivity index (χ1v) is 14.0. The van der Waals surface area contributed by atoms with Gasteiger partial charge in [0.15, 0.2) is 6.61 Å². The number of nitrogens with zero attached hydrogens (tertiary/aromatic N) is 2. The van der Waals surface area contributed by atoms with E-state index in [0.717, 1.165) is 16.1 Å². The Balaban J connectivity index is 1.53. The van der Waals surface area contributed by atoms with Crippen molar-refractivity contribution in [3.05, 3.63) is 83.9 Å². The minimum atomic E-state index is -3.84. The number of amides is 2. The summed E-state index contributed by atoms with van der Waals surface area (Å²) < 4.78 is 41.8. The second-order valence-electron chi connectivity index (χ2n) is 8.66. The van der Waals surface area contributed by atoms with Crippen LogP contribution in [-0.4, -0.2) is 60.1 Å². The fourth-order valence-corrected chi connectivity index (χ4v) is 4.48. The van der Waals surface area contributed by atoms with Gasteiger partial charge in [0.1, 0.15) is 23.8 Å². The maximum absolute atomic E-state index is 12.5. The number of anilines is 1. The summed E-state index contributed by atoms with van der Waals surface area (Å²) in [6.07, 6.45) is 2.38. The molecule has 3 aromatic rings. The van der Waals surface area contributed by atoms with Crippen LogP contribution in [0.15, 0.2) is 77.9 Å². The Hall–Kier alpha value is -4.58. The molecule has 0 aromatic heterocycles. The van der Waals surface area contributed by atoms with Crippen LogP contribution >= 0.6 is 0 Å². The number of sulfonamides is 1. The summed E-state index contributed by atoms with van der Waals surface area (Å²) in [5, 5.41) is 6.79. The lowest BCUT2D eigenvalue weighted by atomic mass is 10.1. The molecule has 0 radical (unpaired) electrons. The van der Waals surface area contributed by atoms with Crippen molar-refractivity contribution in [2.75, 3.05) is 37.9 Å². The van der Waals surface area contributed by atoms with Crippen molar-refractivity contribution in [3.63, 3.8) is 0 Å². The summed E-state index contributed by atoms with van der Waals surface area (Å²) in [5.41, 5.74) is 4.12. The molecule has 40 heavy (non-hydrogen) atoms. The predicted octanol–water partition coefficient (Wildman–Crippen LogP) is 2.88. The van der Waals surface area contributed by atoms with Crippen molar-refractivity contribution < 1.29 is 32.2 Å². The number of nitrogens with one attached hydrogen (secondary N) is 2. The summed E-state index contributed by atoms with van der Waals surface area (Å²) in [6.45, 7) is 1.22. The van der Waals surface area contributed by atoms with E-state index in [2.05, 4.69) is 15.8 Å². The summed E-state index contributed by atoms with van der Waals surface area (Å²) >= 11 is 0. The van der Waals surface area contributed by atoms with Crippen molar-refractivity contribution in [1.82, 2.24) is 10.7 Å². The lowest BCUT2D eigenvalue weighted by Gasteiger charge is -2.23. The highest BCUT2D eigenvalue weighted by Gasteiger charge is 2.24. The Labute approximate surface area is 233 Å². The molecule has 0 aliphatic carbocycles. The molecule has 0 fully saturated rings. The number of benzene rings is 3. The molecular formula is C28H32N4O7S. The van der Waals surface area contributed by atoms with Gasteiger partial charge in [-0.1, -0.05) is 30.3 Å². The number of ether oxygens (including phenoxy) is 3. The zero-order chi connectivity index (χ0) is 29.1. The molecule has 3 rings (SSSR count). The number of hydrogen-bond donors (Lipinski definition) is 2. The normalized spacial score (nSPS) is 11.9. The third-order valence-corrected chi connectivity index (χ3v) is 6.80. The fourth-order valence-electron chi connectivity index (χ4n) is 3.62. The highest BCUT2D eigenvalue weighted by Crippen LogP contribution is 2.33. The van der Waals surface area contributed by atoms with Crippen molar-refractivity contribution in [2.24, 2.45) is 5.10 Å². The van der Waals surface area contributed by atoms with E-state index in [1.807, 2.05) is 37.3 Å². The Morgan fingerprint density at radius 1 is 0.950 bits per heavy atom. The van der Waals surface area contributed by atoms with Crippen LogP contribution in [0, 0.1) is 0 Å². The van der Waals surface area contributed by atoms with E-state index in [0.29, 0.717) is 17.1 Å². The average molecular weight is 569 g/mol. The highest BCUT2D eigenvalue weighted by molar-refractivity contribution is 7.92. The molecule has 0 aliphatic heterocycles. The average Bonchev–Trinajstić information content (AvgIpc) is 2.95. The summed E-state index contributed by atoms with van der Waals surface area (Å²) in [4.78, 5) is 24.7. The van der Waals surface area contributed by atoms with Crippen LogP contribution in [0.4, 0.5) is 5.69 Å². The Morgan fingerprint density at radius 2 is 1.62 bits per heavy atom. The van der Waals surface area contributed by atoms with Crippen LogP contribution in [0.2, 0.25) is 0 Å². The zero-order valence-corrected chi connectivity index (χ0v) is 23.5. The monoisotopic (exact) mass is 568 g/mol. The third-order valence-electron chi connectivity index (χ3n) is 5.67. The number of carbonyl (C=O) groups is 2. The molecule has 0 unspecified atom stereocenters. The number of rotatable bonds is 13. The molecule has 0 aliphatic rings. The molecule has 212 valence electrons. The van der Waals surface area contributed by atoms with Gasteiger partial charge in [-0.05, 0) is 54.4 Å². The van der Waals surface area contributed by atoms with Gasteiger partial charge >= 0.3 is 0 Å². The van der Waals surface area contributed by atoms with Crippen molar-refractivity contribution in [1.29, 1.82) is 0 Å². The van der Waals surface area contributed by atoms with E-state index in [9.17, 15) is 18.0 Å². The summed E-state index contributed by atoms with van der Waals surface area (Å²) in [6, 6.07) is 20.8. The lowest BCUT2D eigenvalue weighted by molar-refractivity contribution is -0.123. The molecule has 12 heteroatoms. The van der Waals surface area contributed by atoms with E-state index < -0.39 is 22.5 Å². The largest absolute Gasteiger partial charge is 0.497 e. The standard InChI is InChI=1S/C28H32N4O7S/c1-20(22-8-6-5-7-9-22)30-28(34)19-39-23-12-10-21(11-13-23)17-29-31-27(33)18-32(40(4,35)36)25-16-24(37-2)14-15-26(25)38-3/h5-17,20H,18-19H2,1-4H3,(H,30,34)(H,31,33)/b29-17-/t20-/m0/s1. The maximum atomic E-state index is 12.5. The van der Waals surface area contributed by atoms with Crippen LogP contribution in [0.3, 0.4) is 0 Å². The SMILES string of the molecule is COc1ccc(OC)c(N(CC(=O)N/N=C\c2ccc(OCC(=O)N[C@@H](C)c3ccccc3)cc2)S(C)(=O)=O)c1. The second-order valence-corrected chi connectivity index (χ2v) is 10.6. The minimum Gasteiger partial charge on any atom is -0.497 e. The van der Waals surface area contributed by atoms with Gasteiger partial charge in [-0.15, -0.1) is 0 Å². The zero-order valence-electron chi connectivity index (χ0n) is 22.7. The molecule has 2 N–H and O–H groups in total. The van der Waals surface area contributed by atoms with Crippen molar-refractivity contribution in [3.8, 4) is 17.2 Å². The Bertz CT molecular complexity index is 1430. The van der Waals surface area contributed by atoms with Gasteiger partial charge < -0.3 is 19.5 Å². The molecule has 0 saturated carbocycles. The summed E-state index contributed by atoms with van der Waals surface area (Å²) in [7, 11) is -1.00. The summed E-state index contributed by atoms with van der Waals surface area (Å²) in [5.74, 6) is 0.229. The lowest BCUT2D eigenvalue weighted by Crippen LogP contribution is -2.39. The van der Waals surface area contributed by atoms with Crippen molar-refractivity contribution >= 4 is 33.7 Å². The van der Waals surface area contributed by atoms with Gasteiger partial charge in [-0.2, -0.15) is 5.10 Å². The number of carbonyl (C=O) groups excluding carboxylic acids is 2. The molecule has 0 heterocycles. The van der Waals surface area contributed by atoms with Crippen LogP contribution in [0.25, 0.3) is 0 Å². The highest BCUT2D eigenvalue weighted by atomic mass is 32.2. The van der Waals surface area contributed by atoms with Crippen LogP contribution in [0.1, 0.15) is 24.1 Å². The van der Waals surface area contributed by atoms with E-state index in [1.165, 1.54) is 26.5 Å². The van der Waals surface area contributed by atoms with E-state index in [4.69, 9.17) is 14.2 Å². The topological polar surface area (TPSA) is 136 Å². The van der Waals surface area contributed by atoms with Gasteiger partial charge in [0.25, 0.3) is 11.8 Å². The molecule has 2 amide bonds. The molecule has 0 spiro atoms. The van der Waals surface area contributed by atoms with Gasteiger partial charge in [-0.25, -0.2) is 13.8 Å².